The molecule has 5 nitrogen and oxygen atoms in total. The smallest absolute Gasteiger partial charge is 0.352 e. The molecule has 0 radical (unpaired) electrons. The molecule has 0 amide bonds. The number of carbonyl (C=O) groups is 1. The molecular formula is C15H11Cl2NO4. The van der Waals surface area contributed by atoms with E-state index in [1.165, 1.54) is 6.07 Å². The SMILES string of the molecule is O=C(O)c1cc2oc(CO)cc2n1Cc1ccc(Cl)c(Cl)c1. The van der Waals surface area contributed by atoms with E-state index in [0.717, 1.165) is 5.56 Å². The molecule has 3 rings (SSSR count). The molecule has 114 valence electrons. The quantitative estimate of drug-likeness (QED) is 0.758. The van der Waals surface area contributed by atoms with Crippen molar-refractivity contribution in [1.82, 2.24) is 4.57 Å². The molecule has 2 heterocycles. The summed E-state index contributed by atoms with van der Waals surface area (Å²) in [6, 6.07) is 8.19. The van der Waals surface area contributed by atoms with Crippen LogP contribution in [-0.2, 0) is 13.2 Å². The van der Waals surface area contributed by atoms with E-state index in [2.05, 4.69) is 0 Å². The maximum atomic E-state index is 11.4. The van der Waals surface area contributed by atoms with Gasteiger partial charge >= 0.3 is 5.97 Å². The Morgan fingerprint density at radius 1 is 1.18 bits per heavy atom. The van der Waals surface area contributed by atoms with E-state index in [1.54, 1.807) is 28.8 Å². The van der Waals surface area contributed by atoms with Gasteiger partial charge in [0.05, 0.1) is 15.6 Å². The Hall–Kier alpha value is -1.95. The fourth-order valence-corrected chi connectivity index (χ4v) is 2.66. The lowest BCUT2D eigenvalue weighted by atomic mass is 10.2. The number of hydrogen-bond acceptors (Lipinski definition) is 3. The molecule has 7 heteroatoms. The first-order valence-electron chi connectivity index (χ1n) is 6.39. The highest BCUT2D eigenvalue weighted by Crippen LogP contribution is 2.27. The molecule has 22 heavy (non-hydrogen) atoms. The predicted molar refractivity (Wildman–Crippen MR) is 82.7 cm³/mol. The lowest BCUT2D eigenvalue weighted by Crippen LogP contribution is -2.09. The van der Waals surface area contributed by atoms with Crippen molar-refractivity contribution in [3.63, 3.8) is 0 Å². The normalized spacial score (nSPS) is 11.2. The second kappa shape index (κ2) is 5.68. The third-order valence-corrected chi connectivity index (χ3v) is 4.08. The molecule has 1 aromatic carbocycles. The Labute approximate surface area is 135 Å². The Morgan fingerprint density at radius 3 is 2.59 bits per heavy atom. The van der Waals surface area contributed by atoms with Gasteiger partial charge < -0.3 is 19.2 Å². The number of aliphatic hydroxyl groups excluding tert-OH is 1. The zero-order valence-corrected chi connectivity index (χ0v) is 12.7. The third-order valence-electron chi connectivity index (χ3n) is 3.34. The summed E-state index contributed by atoms with van der Waals surface area (Å²) in [5.74, 6) is -0.679. The first-order valence-corrected chi connectivity index (χ1v) is 7.15. The number of aliphatic hydroxyl groups is 1. The Morgan fingerprint density at radius 2 is 1.95 bits per heavy atom. The second-order valence-corrected chi connectivity index (χ2v) is 5.60. The van der Waals surface area contributed by atoms with Crippen molar-refractivity contribution in [2.24, 2.45) is 0 Å². The zero-order chi connectivity index (χ0) is 15.9. The first kappa shape index (κ1) is 15.0. The summed E-state index contributed by atoms with van der Waals surface area (Å²) in [7, 11) is 0. The molecule has 2 N–H and O–H groups in total. The van der Waals surface area contributed by atoms with E-state index in [-0.39, 0.29) is 12.3 Å². The van der Waals surface area contributed by atoms with Gasteiger partial charge in [-0.3, -0.25) is 0 Å². The van der Waals surface area contributed by atoms with Crippen LogP contribution in [0.1, 0.15) is 21.8 Å². The van der Waals surface area contributed by atoms with Crippen LogP contribution >= 0.6 is 23.2 Å². The Bertz CT molecular complexity index is 866. The van der Waals surface area contributed by atoms with Gasteiger partial charge in [-0.2, -0.15) is 0 Å². The minimum atomic E-state index is -1.06. The maximum Gasteiger partial charge on any atom is 0.352 e. The van der Waals surface area contributed by atoms with E-state index < -0.39 is 5.97 Å². The number of carboxylic acids is 1. The largest absolute Gasteiger partial charge is 0.477 e. The first-order chi connectivity index (χ1) is 10.5. The summed E-state index contributed by atoms with van der Waals surface area (Å²) >= 11 is 11.9. The number of halogens is 2. The molecular weight excluding hydrogens is 329 g/mol. The molecule has 2 aromatic heterocycles. The number of fused-ring (bicyclic) bond motifs is 1. The van der Waals surface area contributed by atoms with E-state index >= 15 is 0 Å². The maximum absolute atomic E-state index is 11.4. The van der Waals surface area contributed by atoms with Crippen LogP contribution in [0.3, 0.4) is 0 Å². The fraction of sp³-hybridized carbons (Fsp3) is 0.133. The van der Waals surface area contributed by atoms with Crippen LogP contribution in [0.5, 0.6) is 0 Å². The standard InChI is InChI=1S/C15H11Cl2NO4/c16-10-2-1-8(3-11(10)17)6-18-12-4-9(7-19)22-14(12)5-13(18)15(20)21/h1-5,19H,6-7H2,(H,20,21). The number of benzene rings is 1. The molecule has 0 fully saturated rings. The number of hydrogen-bond donors (Lipinski definition) is 2. The molecule has 0 aliphatic heterocycles. The number of rotatable bonds is 4. The van der Waals surface area contributed by atoms with Crippen molar-refractivity contribution in [2.45, 2.75) is 13.2 Å². The van der Waals surface area contributed by atoms with Gasteiger partial charge in [-0.15, -0.1) is 0 Å². The van der Waals surface area contributed by atoms with Crippen LogP contribution in [0.15, 0.2) is 34.7 Å². The van der Waals surface area contributed by atoms with Crippen molar-refractivity contribution in [3.8, 4) is 0 Å². The van der Waals surface area contributed by atoms with Crippen molar-refractivity contribution >= 4 is 40.3 Å². The minimum absolute atomic E-state index is 0.101. The van der Waals surface area contributed by atoms with Gasteiger partial charge in [0.2, 0.25) is 0 Å². The summed E-state index contributed by atoms with van der Waals surface area (Å²) in [6.45, 7) is 0.0519. The number of aromatic carboxylic acids is 1. The monoisotopic (exact) mass is 339 g/mol. The topological polar surface area (TPSA) is 75.6 Å². The zero-order valence-electron chi connectivity index (χ0n) is 11.2. The van der Waals surface area contributed by atoms with Gasteiger partial charge in [0.15, 0.2) is 5.58 Å². The molecule has 0 saturated carbocycles. The van der Waals surface area contributed by atoms with Crippen LogP contribution in [-0.4, -0.2) is 20.7 Å². The Balaban J connectivity index is 2.10. The lowest BCUT2D eigenvalue weighted by Gasteiger charge is -2.08. The minimum Gasteiger partial charge on any atom is -0.477 e. The number of carboxylic acid groups (broad SMARTS) is 1. The van der Waals surface area contributed by atoms with Crippen molar-refractivity contribution in [1.29, 1.82) is 0 Å². The summed E-state index contributed by atoms with van der Waals surface area (Å²) in [6.07, 6.45) is 0. The molecule has 0 atom stereocenters. The molecule has 3 aromatic rings. The summed E-state index contributed by atoms with van der Waals surface area (Å²) in [5, 5.41) is 19.3. The summed E-state index contributed by atoms with van der Waals surface area (Å²) in [5.41, 5.74) is 1.93. The summed E-state index contributed by atoms with van der Waals surface area (Å²) < 4.78 is 6.99. The van der Waals surface area contributed by atoms with Crippen LogP contribution in [0.25, 0.3) is 11.1 Å². The highest BCUT2D eigenvalue weighted by atomic mass is 35.5. The van der Waals surface area contributed by atoms with E-state index in [4.69, 9.17) is 32.7 Å². The molecule has 0 spiro atoms. The van der Waals surface area contributed by atoms with Gasteiger partial charge in [-0.05, 0) is 17.7 Å². The van der Waals surface area contributed by atoms with Crippen LogP contribution in [0.4, 0.5) is 0 Å². The predicted octanol–water partition coefficient (Wildman–Crippen LogP) is 3.78. The van der Waals surface area contributed by atoms with Gasteiger partial charge in [-0.25, -0.2) is 4.79 Å². The lowest BCUT2D eigenvalue weighted by molar-refractivity contribution is 0.0686. The van der Waals surface area contributed by atoms with Crippen molar-refractivity contribution in [2.75, 3.05) is 0 Å². The molecule has 0 unspecified atom stereocenters. The van der Waals surface area contributed by atoms with Crippen LogP contribution < -0.4 is 0 Å². The third kappa shape index (κ3) is 2.59. The van der Waals surface area contributed by atoms with E-state index in [1.807, 2.05) is 0 Å². The van der Waals surface area contributed by atoms with Crippen LogP contribution in [0.2, 0.25) is 10.0 Å². The molecule has 0 aliphatic carbocycles. The Kier molecular flexibility index (Phi) is 3.87. The van der Waals surface area contributed by atoms with Gasteiger partial charge in [0.1, 0.15) is 18.1 Å². The number of nitrogens with zero attached hydrogens (tertiary/aromatic N) is 1. The average molecular weight is 340 g/mol. The van der Waals surface area contributed by atoms with Crippen LogP contribution in [0, 0.1) is 0 Å². The fourth-order valence-electron chi connectivity index (χ4n) is 2.34. The number of furan rings is 1. The molecule has 0 aliphatic rings. The van der Waals surface area contributed by atoms with E-state index in [0.29, 0.717) is 33.4 Å². The van der Waals surface area contributed by atoms with Crippen molar-refractivity contribution in [3.05, 3.63) is 57.4 Å². The van der Waals surface area contributed by atoms with Gasteiger partial charge in [0, 0.05) is 18.7 Å². The summed E-state index contributed by atoms with van der Waals surface area (Å²) in [4.78, 5) is 11.4. The highest BCUT2D eigenvalue weighted by Gasteiger charge is 2.18. The molecule has 0 bridgehead atoms. The number of aromatic nitrogens is 1. The van der Waals surface area contributed by atoms with Gasteiger partial charge in [-0.1, -0.05) is 29.3 Å². The highest BCUT2D eigenvalue weighted by molar-refractivity contribution is 6.42. The molecule has 0 saturated heterocycles. The van der Waals surface area contributed by atoms with Gasteiger partial charge in [0.25, 0.3) is 0 Å². The average Bonchev–Trinajstić information content (AvgIpc) is 3.01. The van der Waals surface area contributed by atoms with Crippen molar-refractivity contribution < 1.29 is 19.4 Å². The second-order valence-electron chi connectivity index (χ2n) is 4.79. The van der Waals surface area contributed by atoms with E-state index in [9.17, 15) is 9.90 Å².